The van der Waals surface area contributed by atoms with Crippen molar-refractivity contribution < 1.29 is 9.53 Å². The smallest absolute Gasteiger partial charge is 0.230 e. The zero-order chi connectivity index (χ0) is 17.8. The van der Waals surface area contributed by atoms with Gasteiger partial charge in [0.25, 0.3) is 0 Å². The van der Waals surface area contributed by atoms with Crippen molar-refractivity contribution in [2.24, 2.45) is 0 Å². The number of methoxy groups -OCH3 is 1. The summed E-state index contributed by atoms with van der Waals surface area (Å²) in [5.41, 5.74) is 4.84. The number of nitrogens with zero attached hydrogens (tertiary/aromatic N) is 2. The maximum atomic E-state index is 12.3. The molecule has 1 N–H and O–H groups in total. The molecule has 0 aliphatic heterocycles. The molecule has 3 aromatic rings. The van der Waals surface area contributed by atoms with Crippen LogP contribution in [0.1, 0.15) is 22.6 Å². The Balaban J connectivity index is 1.67. The Morgan fingerprint density at radius 1 is 1.24 bits per heavy atom. The fourth-order valence-corrected chi connectivity index (χ4v) is 3.67. The third-order valence-corrected chi connectivity index (χ3v) is 4.74. The average Bonchev–Trinajstić information content (AvgIpc) is 3.14. The van der Waals surface area contributed by atoms with E-state index in [1.807, 2.05) is 43.5 Å². The minimum Gasteiger partial charge on any atom is -0.380 e. The molecule has 0 saturated carbocycles. The highest BCUT2D eigenvalue weighted by molar-refractivity contribution is 7.12. The monoisotopic (exact) mass is 355 g/mol. The first-order chi connectivity index (χ1) is 12.1. The van der Waals surface area contributed by atoms with E-state index in [2.05, 4.69) is 27.0 Å². The Morgan fingerprint density at radius 3 is 2.72 bits per heavy atom. The lowest BCUT2D eigenvalue weighted by atomic mass is 10.2. The van der Waals surface area contributed by atoms with E-state index in [0.717, 1.165) is 33.5 Å². The predicted octanol–water partition coefficient (Wildman–Crippen LogP) is 3.88. The van der Waals surface area contributed by atoms with Crippen LogP contribution in [0.15, 0.2) is 41.8 Å². The molecule has 0 aliphatic rings. The van der Waals surface area contributed by atoms with Gasteiger partial charge >= 0.3 is 0 Å². The zero-order valence-corrected chi connectivity index (χ0v) is 15.4. The molecular weight excluding hydrogens is 334 g/mol. The number of hydrogen-bond donors (Lipinski definition) is 1. The van der Waals surface area contributed by atoms with Crippen LogP contribution in [0.25, 0.3) is 5.13 Å². The molecule has 0 saturated heterocycles. The summed E-state index contributed by atoms with van der Waals surface area (Å²) in [5.74, 6) is -0.0765. The molecule has 0 aliphatic carbocycles. The van der Waals surface area contributed by atoms with Crippen LogP contribution in [0.5, 0.6) is 0 Å². The van der Waals surface area contributed by atoms with E-state index in [-0.39, 0.29) is 12.3 Å². The van der Waals surface area contributed by atoms with Crippen molar-refractivity contribution in [3.05, 3.63) is 64.4 Å². The summed E-state index contributed by atoms with van der Waals surface area (Å²) in [5, 5.41) is 5.75. The van der Waals surface area contributed by atoms with Gasteiger partial charge in [0.2, 0.25) is 5.91 Å². The second-order valence-electron chi connectivity index (χ2n) is 5.93. The zero-order valence-electron chi connectivity index (χ0n) is 14.6. The first-order valence-corrected chi connectivity index (χ1v) is 8.92. The van der Waals surface area contributed by atoms with Gasteiger partial charge in [0, 0.05) is 29.6 Å². The Kier molecular flexibility index (Phi) is 5.31. The molecule has 2 aromatic heterocycles. The van der Waals surface area contributed by atoms with Crippen LogP contribution in [0, 0.1) is 13.8 Å². The molecule has 0 spiro atoms. The summed E-state index contributed by atoms with van der Waals surface area (Å²) >= 11 is 1.55. The molecule has 130 valence electrons. The molecule has 0 atom stereocenters. The van der Waals surface area contributed by atoms with Crippen molar-refractivity contribution in [1.82, 2.24) is 9.55 Å². The minimum atomic E-state index is -0.0765. The largest absolute Gasteiger partial charge is 0.380 e. The molecule has 5 nitrogen and oxygen atoms in total. The lowest BCUT2D eigenvalue weighted by Crippen LogP contribution is -2.14. The highest BCUT2D eigenvalue weighted by Gasteiger charge is 2.11. The number of amides is 1. The van der Waals surface area contributed by atoms with Gasteiger partial charge in [-0.1, -0.05) is 12.1 Å². The van der Waals surface area contributed by atoms with Gasteiger partial charge < -0.3 is 10.1 Å². The third-order valence-electron chi connectivity index (χ3n) is 3.87. The van der Waals surface area contributed by atoms with Crippen LogP contribution >= 0.6 is 11.3 Å². The topological polar surface area (TPSA) is 56.1 Å². The number of ether oxygens (including phenoxy) is 1. The lowest BCUT2D eigenvalue weighted by molar-refractivity contribution is -0.115. The number of hydrogen-bond acceptors (Lipinski definition) is 4. The molecule has 0 bridgehead atoms. The SMILES string of the molecule is COCc1cccc(NC(=O)Cc2csc(-n3c(C)ccc3C)n2)c1. The molecule has 1 aromatic carbocycles. The maximum Gasteiger partial charge on any atom is 0.230 e. The van der Waals surface area contributed by atoms with Crippen molar-refractivity contribution in [3.8, 4) is 5.13 Å². The minimum absolute atomic E-state index is 0.0765. The van der Waals surface area contributed by atoms with Crippen molar-refractivity contribution in [1.29, 1.82) is 0 Å². The van der Waals surface area contributed by atoms with Gasteiger partial charge in [-0.25, -0.2) is 4.98 Å². The molecule has 0 unspecified atom stereocenters. The average molecular weight is 355 g/mol. The lowest BCUT2D eigenvalue weighted by Gasteiger charge is -2.06. The Bertz CT molecular complexity index is 863. The highest BCUT2D eigenvalue weighted by atomic mass is 32.1. The van der Waals surface area contributed by atoms with Gasteiger partial charge in [-0.05, 0) is 43.7 Å². The summed E-state index contributed by atoms with van der Waals surface area (Å²) in [6.07, 6.45) is 0.254. The van der Waals surface area contributed by atoms with E-state index in [4.69, 9.17) is 4.74 Å². The van der Waals surface area contributed by atoms with E-state index >= 15 is 0 Å². The molecule has 3 rings (SSSR count). The second kappa shape index (κ2) is 7.63. The molecule has 1 amide bonds. The summed E-state index contributed by atoms with van der Waals surface area (Å²) in [6, 6.07) is 11.8. The van der Waals surface area contributed by atoms with Gasteiger partial charge in [0.05, 0.1) is 18.7 Å². The van der Waals surface area contributed by atoms with Crippen molar-refractivity contribution in [2.75, 3.05) is 12.4 Å². The standard InChI is InChI=1S/C19H21N3O2S/c1-13-7-8-14(2)22(13)19-21-17(12-25-19)10-18(23)20-16-6-4-5-15(9-16)11-24-3/h4-9,12H,10-11H2,1-3H3,(H,20,23). The number of carbonyl (C=O) groups excluding carboxylic acids is 1. The highest BCUT2D eigenvalue weighted by Crippen LogP contribution is 2.21. The van der Waals surface area contributed by atoms with Crippen molar-refractivity contribution in [2.45, 2.75) is 26.9 Å². The Labute approximate surface area is 151 Å². The van der Waals surface area contributed by atoms with Gasteiger partial charge in [-0.3, -0.25) is 9.36 Å². The molecule has 25 heavy (non-hydrogen) atoms. The van der Waals surface area contributed by atoms with E-state index in [0.29, 0.717) is 6.61 Å². The first-order valence-electron chi connectivity index (χ1n) is 8.04. The summed E-state index contributed by atoms with van der Waals surface area (Å²) in [7, 11) is 1.65. The van der Waals surface area contributed by atoms with Crippen molar-refractivity contribution in [3.63, 3.8) is 0 Å². The van der Waals surface area contributed by atoms with E-state index in [9.17, 15) is 4.79 Å². The van der Waals surface area contributed by atoms with Gasteiger partial charge in [0.15, 0.2) is 5.13 Å². The predicted molar refractivity (Wildman–Crippen MR) is 100 cm³/mol. The van der Waals surface area contributed by atoms with Crippen LogP contribution in [0.4, 0.5) is 5.69 Å². The van der Waals surface area contributed by atoms with E-state index < -0.39 is 0 Å². The number of rotatable bonds is 6. The Hall–Kier alpha value is -2.44. The second-order valence-corrected chi connectivity index (χ2v) is 6.77. The molecular formula is C19H21N3O2S. The number of aryl methyl sites for hydroxylation is 2. The summed E-state index contributed by atoms with van der Waals surface area (Å²) < 4.78 is 7.21. The Morgan fingerprint density at radius 2 is 2.00 bits per heavy atom. The fourth-order valence-electron chi connectivity index (χ4n) is 2.73. The van der Waals surface area contributed by atoms with Gasteiger partial charge in [-0.15, -0.1) is 11.3 Å². The number of nitrogens with one attached hydrogen (secondary N) is 1. The third kappa shape index (κ3) is 4.15. The van der Waals surface area contributed by atoms with Crippen LogP contribution in [0.3, 0.4) is 0 Å². The molecule has 6 heteroatoms. The van der Waals surface area contributed by atoms with Gasteiger partial charge in [0.1, 0.15) is 0 Å². The van der Waals surface area contributed by atoms with E-state index in [1.165, 1.54) is 0 Å². The number of aromatic nitrogens is 2. The van der Waals surface area contributed by atoms with Crippen molar-refractivity contribution >= 4 is 22.9 Å². The maximum absolute atomic E-state index is 12.3. The van der Waals surface area contributed by atoms with Crippen LogP contribution < -0.4 is 5.32 Å². The number of anilines is 1. The van der Waals surface area contributed by atoms with Crippen LogP contribution in [-0.2, 0) is 22.6 Å². The molecule has 2 heterocycles. The normalized spacial score (nSPS) is 10.8. The van der Waals surface area contributed by atoms with Crippen LogP contribution in [-0.4, -0.2) is 22.6 Å². The molecule has 0 fully saturated rings. The fraction of sp³-hybridized carbons (Fsp3) is 0.263. The van der Waals surface area contributed by atoms with Gasteiger partial charge in [-0.2, -0.15) is 0 Å². The number of carbonyl (C=O) groups is 1. The summed E-state index contributed by atoms with van der Waals surface area (Å²) in [6.45, 7) is 4.62. The van der Waals surface area contributed by atoms with E-state index in [1.54, 1.807) is 18.4 Å². The summed E-state index contributed by atoms with van der Waals surface area (Å²) in [4.78, 5) is 16.9. The quantitative estimate of drug-likeness (QED) is 0.730. The number of benzene rings is 1. The first kappa shape index (κ1) is 17.4. The molecule has 0 radical (unpaired) electrons. The number of thiazole rings is 1. The van der Waals surface area contributed by atoms with Crippen LogP contribution in [0.2, 0.25) is 0 Å².